The lowest BCUT2D eigenvalue weighted by molar-refractivity contribution is 0.0996. The van der Waals surface area contributed by atoms with Gasteiger partial charge in [0.25, 0.3) is 11.5 Å². The molecule has 4 aromatic rings. The number of pyridine rings is 2. The number of ether oxygens (including phenoxy) is 3. The van der Waals surface area contributed by atoms with E-state index >= 15 is 0 Å². The third kappa shape index (κ3) is 5.69. The first kappa shape index (κ1) is 28.4. The summed E-state index contributed by atoms with van der Waals surface area (Å²) in [6.45, 7) is 9.14. The average Bonchev–Trinajstić information content (AvgIpc) is 2.96. The van der Waals surface area contributed by atoms with Gasteiger partial charge in [-0.25, -0.2) is 4.98 Å². The maximum absolute atomic E-state index is 13.6. The Kier molecular flexibility index (Phi) is 9.17. The molecular formula is C30H33N5O5. The minimum Gasteiger partial charge on any atom is -0.490 e. The van der Waals surface area contributed by atoms with Gasteiger partial charge in [0.15, 0.2) is 17.0 Å². The summed E-state index contributed by atoms with van der Waals surface area (Å²) in [5.74, 6) is 0.551. The summed E-state index contributed by atoms with van der Waals surface area (Å²) in [7, 11) is 0. The molecule has 0 bridgehead atoms. The van der Waals surface area contributed by atoms with Gasteiger partial charge in [-0.2, -0.15) is 10.3 Å². The fourth-order valence-corrected chi connectivity index (χ4v) is 4.49. The van der Waals surface area contributed by atoms with Crippen LogP contribution in [0.2, 0.25) is 0 Å². The number of aromatic nitrogens is 3. The van der Waals surface area contributed by atoms with Crippen LogP contribution in [0.4, 0.5) is 0 Å². The Labute approximate surface area is 232 Å². The molecule has 3 aromatic heterocycles. The van der Waals surface area contributed by atoms with Crippen molar-refractivity contribution < 1.29 is 19.0 Å². The van der Waals surface area contributed by atoms with Crippen LogP contribution in [0, 0.1) is 11.3 Å². The zero-order valence-electron chi connectivity index (χ0n) is 23.3. The van der Waals surface area contributed by atoms with E-state index in [0.29, 0.717) is 54.9 Å². The highest BCUT2D eigenvalue weighted by Gasteiger charge is 2.20. The van der Waals surface area contributed by atoms with E-state index in [1.807, 2.05) is 20.8 Å². The van der Waals surface area contributed by atoms with E-state index in [-0.39, 0.29) is 27.6 Å². The van der Waals surface area contributed by atoms with Gasteiger partial charge in [0.05, 0.1) is 30.8 Å². The maximum atomic E-state index is 13.6. The summed E-state index contributed by atoms with van der Waals surface area (Å²) in [6.07, 6.45) is 4.27. The fourth-order valence-electron chi connectivity index (χ4n) is 4.49. The highest BCUT2D eigenvalue weighted by molar-refractivity contribution is 5.96. The van der Waals surface area contributed by atoms with E-state index < -0.39 is 5.91 Å². The average molecular weight is 544 g/mol. The molecule has 40 heavy (non-hydrogen) atoms. The lowest BCUT2D eigenvalue weighted by atomic mass is 10.1. The van der Waals surface area contributed by atoms with Gasteiger partial charge < -0.3 is 18.8 Å². The second-order valence-electron chi connectivity index (χ2n) is 8.95. The second-order valence-corrected chi connectivity index (χ2v) is 8.95. The zero-order valence-corrected chi connectivity index (χ0v) is 23.3. The largest absolute Gasteiger partial charge is 0.490 e. The molecule has 0 N–H and O–H groups in total. The van der Waals surface area contributed by atoms with Gasteiger partial charge in [-0.3, -0.25) is 14.0 Å². The number of hydrogen-bond donors (Lipinski definition) is 0. The predicted molar refractivity (Wildman–Crippen MR) is 151 cm³/mol. The number of unbranched alkanes of at least 4 members (excludes halogenated alkanes) is 2. The van der Waals surface area contributed by atoms with Gasteiger partial charge in [0.1, 0.15) is 17.4 Å². The van der Waals surface area contributed by atoms with Gasteiger partial charge in [0.2, 0.25) is 5.75 Å². The van der Waals surface area contributed by atoms with Gasteiger partial charge >= 0.3 is 0 Å². The second kappa shape index (κ2) is 12.9. The van der Waals surface area contributed by atoms with E-state index in [0.717, 1.165) is 19.3 Å². The molecule has 0 saturated carbocycles. The van der Waals surface area contributed by atoms with Crippen molar-refractivity contribution in [2.75, 3.05) is 19.8 Å². The Balaban J connectivity index is 1.99. The highest BCUT2D eigenvalue weighted by Crippen LogP contribution is 2.39. The number of amides is 1. The van der Waals surface area contributed by atoms with Crippen LogP contribution in [0.3, 0.4) is 0 Å². The Morgan fingerprint density at radius 2 is 1.70 bits per heavy atom. The third-order valence-corrected chi connectivity index (χ3v) is 6.26. The standard InChI is InChI=1S/C30H33N5O5/c1-5-9-11-15-35-27(21(19-31)16-22-28(35)32-25-13-10-12-14-34(25)30(22)37)33-29(36)20-17-23(38-6-2)26(40-8-4)24(18-20)39-7-3/h10,12-14,16-18H,5-9,11,15H2,1-4H3. The van der Waals surface area contributed by atoms with Gasteiger partial charge in [0, 0.05) is 18.3 Å². The van der Waals surface area contributed by atoms with E-state index in [9.17, 15) is 14.9 Å². The molecule has 0 radical (unpaired) electrons. The van der Waals surface area contributed by atoms with E-state index in [1.54, 1.807) is 41.1 Å². The molecule has 208 valence electrons. The molecule has 0 unspecified atom stereocenters. The molecule has 0 aliphatic carbocycles. The van der Waals surface area contributed by atoms with Crippen molar-refractivity contribution in [2.24, 2.45) is 4.99 Å². The normalized spacial score (nSPS) is 11.5. The number of nitriles is 1. The topological polar surface area (TPSA) is 120 Å². The van der Waals surface area contributed by atoms with Crippen molar-refractivity contribution in [3.05, 3.63) is 69.6 Å². The van der Waals surface area contributed by atoms with Crippen molar-refractivity contribution in [3.8, 4) is 23.3 Å². The summed E-state index contributed by atoms with van der Waals surface area (Å²) in [6, 6.07) is 12.0. The van der Waals surface area contributed by atoms with Crippen LogP contribution in [0.15, 0.2) is 52.4 Å². The van der Waals surface area contributed by atoms with Crippen LogP contribution < -0.4 is 25.3 Å². The molecule has 0 saturated heterocycles. The molecule has 10 heteroatoms. The number of benzene rings is 1. The summed E-state index contributed by atoms with van der Waals surface area (Å²) in [4.78, 5) is 36.1. The maximum Gasteiger partial charge on any atom is 0.279 e. The number of nitrogens with zero attached hydrogens (tertiary/aromatic N) is 5. The molecule has 1 aromatic carbocycles. The summed E-state index contributed by atoms with van der Waals surface area (Å²) in [5.41, 5.74) is 0.996. The van der Waals surface area contributed by atoms with Crippen LogP contribution in [0.1, 0.15) is 62.9 Å². The number of carbonyl (C=O) groups is 1. The minimum atomic E-state index is -0.595. The van der Waals surface area contributed by atoms with Crippen LogP contribution in [-0.2, 0) is 6.54 Å². The summed E-state index contributed by atoms with van der Waals surface area (Å²) >= 11 is 0. The quantitative estimate of drug-likeness (QED) is 0.199. The third-order valence-electron chi connectivity index (χ3n) is 6.26. The monoisotopic (exact) mass is 543 g/mol. The summed E-state index contributed by atoms with van der Waals surface area (Å²) in [5, 5.41) is 10.3. The van der Waals surface area contributed by atoms with Gasteiger partial charge in [-0.05, 0) is 57.5 Å². The molecule has 0 aliphatic rings. The predicted octanol–water partition coefficient (Wildman–Crippen LogP) is 4.65. The van der Waals surface area contributed by atoms with Crippen LogP contribution in [0.5, 0.6) is 17.2 Å². The van der Waals surface area contributed by atoms with Gasteiger partial charge in [-0.15, -0.1) is 0 Å². The molecule has 1 amide bonds. The minimum absolute atomic E-state index is 0.105. The first-order chi connectivity index (χ1) is 19.5. The van der Waals surface area contributed by atoms with Crippen molar-refractivity contribution in [1.82, 2.24) is 14.0 Å². The molecule has 0 fully saturated rings. The number of carbonyl (C=O) groups excluding carboxylic acids is 1. The Bertz CT molecular complexity index is 1690. The zero-order chi connectivity index (χ0) is 28.6. The first-order valence-electron chi connectivity index (χ1n) is 13.6. The molecule has 4 rings (SSSR count). The molecule has 0 atom stereocenters. The molecule has 0 spiro atoms. The van der Waals surface area contributed by atoms with Gasteiger partial charge in [-0.1, -0.05) is 25.8 Å². The molecule has 10 nitrogen and oxygen atoms in total. The Hall–Kier alpha value is -4.65. The lowest BCUT2D eigenvalue weighted by Gasteiger charge is -2.16. The Morgan fingerprint density at radius 3 is 2.33 bits per heavy atom. The number of aryl methyl sites for hydroxylation is 1. The molecular weight excluding hydrogens is 510 g/mol. The van der Waals surface area contributed by atoms with Crippen molar-refractivity contribution in [1.29, 1.82) is 5.26 Å². The van der Waals surface area contributed by atoms with E-state index in [2.05, 4.69) is 18.0 Å². The van der Waals surface area contributed by atoms with Crippen molar-refractivity contribution in [2.45, 2.75) is 53.5 Å². The van der Waals surface area contributed by atoms with Crippen LogP contribution in [-0.4, -0.2) is 39.7 Å². The number of fused-ring (bicyclic) bond motifs is 2. The Morgan fingerprint density at radius 1 is 1.00 bits per heavy atom. The van der Waals surface area contributed by atoms with Crippen LogP contribution >= 0.6 is 0 Å². The van der Waals surface area contributed by atoms with Crippen molar-refractivity contribution >= 4 is 22.6 Å². The highest BCUT2D eigenvalue weighted by atomic mass is 16.5. The van der Waals surface area contributed by atoms with Crippen LogP contribution in [0.25, 0.3) is 16.7 Å². The van der Waals surface area contributed by atoms with E-state index in [1.165, 1.54) is 10.5 Å². The molecule has 3 heterocycles. The lowest BCUT2D eigenvalue weighted by Crippen LogP contribution is -2.29. The summed E-state index contributed by atoms with van der Waals surface area (Å²) < 4.78 is 20.4. The fraction of sp³-hybridized carbons (Fsp3) is 0.367. The first-order valence-corrected chi connectivity index (χ1v) is 13.6. The smallest absolute Gasteiger partial charge is 0.279 e. The number of rotatable bonds is 11. The SMILES string of the molecule is CCCCCn1c(=NC(=O)c2cc(OCC)c(OCC)c(OCC)c2)c(C#N)cc2c(=O)n3ccccc3nc21. The van der Waals surface area contributed by atoms with E-state index in [4.69, 9.17) is 19.2 Å². The number of hydrogen-bond acceptors (Lipinski definition) is 7. The molecule has 0 aliphatic heterocycles. The van der Waals surface area contributed by atoms with Crippen molar-refractivity contribution in [3.63, 3.8) is 0 Å².